The van der Waals surface area contributed by atoms with E-state index in [1.165, 1.54) is 31.2 Å². The Morgan fingerprint density at radius 3 is 2.20 bits per heavy atom. The number of carbonyl (C=O) groups is 2. The summed E-state index contributed by atoms with van der Waals surface area (Å²) in [5.74, 6) is -2.10. The Balaban J connectivity index is 2.46. The van der Waals surface area contributed by atoms with Crippen LogP contribution in [-0.2, 0) is 32.3 Å². The highest BCUT2D eigenvalue weighted by atomic mass is 32.2. The summed E-state index contributed by atoms with van der Waals surface area (Å²) in [5.41, 5.74) is -1.39. The van der Waals surface area contributed by atoms with Gasteiger partial charge in [0.1, 0.15) is 18.4 Å². The number of alkyl halides is 3. The Kier molecular flexibility index (Phi) is 8.88. The molecule has 1 unspecified atom stereocenters. The van der Waals surface area contributed by atoms with Gasteiger partial charge in [-0.1, -0.05) is 24.3 Å². The van der Waals surface area contributed by atoms with Crippen molar-refractivity contribution in [2.75, 3.05) is 17.1 Å². The van der Waals surface area contributed by atoms with Crippen molar-refractivity contribution in [1.82, 2.24) is 10.2 Å². The van der Waals surface area contributed by atoms with Crippen LogP contribution in [0.1, 0.15) is 31.9 Å². The molecule has 0 aliphatic heterocycles. The number of anilines is 1. The number of amides is 2. The van der Waals surface area contributed by atoms with Crippen LogP contribution in [0.5, 0.6) is 0 Å². The van der Waals surface area contributed by atoms with Crippen LogP contribution in [0, 0.1) is 5.82 Å². The van der Waals surface area contributed by atoms with Gasteiger partial charge in [0.2, 0.25) is 21.8 Å². The minimum Gasteiger partial charge on any atom is -0.352 e. The number of nitrogens with zero attached hydrogens (tertiary/aromatic N) is 2. The van der Waals surface area contributed by atoms with Crippen molar-refractivity contribution < 1.29 is 35.6 Å². The molecule has 2 amide bonds. The van der Waals surface area contributed by atoms with E-state index >= 15 is 0 Å². The van der Waals surface area contributed by atoms with Crippen molar-refractivity contribution in [3.05, 3.63) is 65.5 Å². The number of halogens is 4. The highest BCUT2D eigenvalue weighted by molar-refractivity contribution is 7.92. The van der Waals surface area contributed by atoms with Crippen LogP contribution in [0.25, 0.3) is 0 Å². The van der Waals surface area contributed by atoms with E-state index in [0.29, 0.717) is 10.4 Å². The summed E-state index contributed by atoms with van der Waals surface area (Å²) in [7, 11) is -4.21. The molecule has 0 aliphatic rings. The zero-order valence-electron chi connectivity index (χ0n) is 19.6. The lowest BCUT2D eigenvalue weighted by atomic mass is 10.1. The molecule has 0 aromatic heterocycles. The fraction of sp³-hybridized carbons (Fsp3) is 0.391. The Bertz CT molecular complexity index is 1170. The Morgan fingerprint density at radius 2 is 1.66 bits per heavy atom. The van der Waals surface area contributed by atoms with E-state index in [1.54, 1.807) is 13.8 Å². The quantitative estimate of drug-likeness (QED) is 0.516. The van der Waals surface area contributed by atoms with Gasteiger partial charge in [-0.3, -0.25) is 13.9 Å². The highest BCUT2D eigenvalue weighted by Gasteiger charge is 2.33. The molecule has 1 N–H and O–H groups in total. The van der Waals surface area contributed by atoms with Gasteiger partial charge in [-0.25, -0.2) is 12.8 Å². The number of benzene rings is 2. The molecule has 192 valence electrons. The van der Waals surface area contributed by atoms with E-state index in [2.05, 4.69) is 5.32 Å². The van der Waals surface area contributed by atoms with Gasteiger partial charge in [0.15, 0.2) is 0 Å². The van der Waals surface area contributed by atoms with Gasteiger partial charge in [0.25, 0.3) is 0 Å². The molecule has 2 aromatic carbocycles. The van der Waals surface area contributed by atoms with Crippen LogP contribution in [0.3, 0.4) is 0 Å². The molecule has 0 bridgehead atoms. The predicted octanol–water partition coefficient (Wildman–Crippen LogP) is 3.55. The fourth-order valence-corrected chi connectivity index (χ4v) is 4.09. The maximum Gasteiger partial charge on any atom is 0.416 e. The molecule has 0 radical (unpaired) electrons. The summed E-state index contributed by atoms with van der Waals surface area (Å²) >= 11 is 0. The number of hydrogen-bond donors (Lipinski definition) is 1. The van der Waals surface area contributed by atoms with E-state index < -0.39 is 52.0 Å². The molecule has 1 atom stereocenters. The van der Waals surface area contributed by atoms with Crippen molar-refractivity contribution >= 4 is 27.5 Å². The van der Waals surface area contributed by atoms with Gasteiger partial charge in [0, 0.05) is 18.2 Å². The van der Waals surface area contributed by atoms with Gasteiger partial charge >= 0.3 is 6.18 Å². The van der Waals surface area contributed by atoms with Crippen molar-refractivity contribution in [3.63, 3.8) is 0 Å². The van der Waals surface area contributed by atoms with Gasteiger partial charge in [-0.2, -0.15) is 13.2 Å². The molecule has 7 nitrogen and oxygen atoms in total. The molecule has 0 spiro atoms. The normalized spacial score (nSPS) is 12.8. The monoisotopic (exact) mass is 517 g/mol. The maximum absolute atomic E-state index is 14.3. The first-order valence-corrected chi connectivity index (χ1v) is 12.4. The lowest BCUT2D eigenvalue weighted by Gasteiger charge is -2.32. The average Bonchev–Trinajstić information content (AvgIpc) is 2.74. The molecule has 12 heteroatoms. The number of nitrogens with one attached hydrogen (secondary N) is 1. The van der Waals surface area contributed by atoms with Crippen molar-refractivity contribution in [3.8, 4) is 0 Å². The second kappa shape index (κ2) is 11.1. The van der Waals surface area contributed by atoms with Gasteiger partial charge in [-0.05, 0) is 45.0 Å². The van der Waals surface area contributed by atoms with Crippen LogP contribution in [-0.4, -0.2) is 50.0 Å². The number of sulfonamides is 1. The predicted molar refractivity (Wildman–Crippen MR) is 123 cm³/mol. The number of hydrogen-bond acceptors (Lipinski definition) is 4. The molecular weight excluding hydrogens is 490 g/mol. The van der Waals surface area contributed by atoms with Gasteiger partial charge in [-0.15, -0.1) is 0 Å². The second-order valence-corrected chi connectivity index (χ2v) is 10.2. The van der Waals surface area contributed by atoms with Crippen LogP contribution < -0.4 is 9.62 Å². The third-order valence-electron chi connectivity index (χ3n) is 5.04. The van der Waals surface area contributed by atoms with E-state index in [9.17, 15) is 35.6 Å². The van der Waals surface area contributed by atoms with Crippen molar-refractivity contribution in [2.45, 2.75) is 45.6 Å². The summed E-state index contributed by atoms with van der Waals surface area (Å²) in [5, 5.41) is 2.63. The van der Waals surface area contributed by atoms with Crippen molar-refractivity contribution in [2.24, 2.45) is 0 Å². The molecule has 0 saturated carbocycles. The van der Waals surface area contributed by atoms with E-state index in [1.807, 2.05) is 0 Å². The third-order valence-corrected chi connectivity index (χ3v) is 6.18. The molecule has 0 aliphatic carbocycles. The molecule has 2 aromatic rings. The molecule has 0 fully saturated rings. The minimum atomic E-state index is -4.73. The third kappa shape index (κ3) is 7.67. The zero-order valence-corrected chi connectivity index (χ0v) is 20.5. The summed E-state index contributed by atoms with van der Waals surface area (Å²) < 4.78 is 79.2. The largest absolute Gasteiger partial charge is 0.416 e. The highest BCUT2D eigenvalue weighted by Crippen LogP contribution is 2.32. The van der Waals surface area contributed by atoms with E-state index in [4.69, 9.17) is 0 Å². The van der Waals surface area contributed by atoms with Crippen LogP contribution in [0.2, 0.25) is 0 Å². The Labute approximate surface area is 201 Å². The lowest BCUT2D eigenvalue weighted by Crippen LogP contribution is -2.52. The summed E-state index contributed by atoms with van der Waals surface area (Å²) in [6.45, 7) is 3.54. The Hall–Kier alpha value is -3.15. The van der Waals surface area contributed by atoms with Crippen molar-refractivity contribution in [1.29, 1.82) is 0 Å². The summed E-state index contributed by atoms with van der Waals surface area (Å²) in [6.07, 6.45) is -3.99. The maximum atomic E-state index is 14.3. The first-order chi connectivity index (χ1) is 16.1. The molecule has 0 saturated heterocycles. The molecular formula is C23H27F4N3O4S. The van der Waals surface area contributed by atoms with E-state index in [0.717, 1.165) is 29.4 Å². The first-order valence-electron chi connectivity index (χ1n) is 10.6. The number of rotatable bonds is 9. The lowest BCUT2D eigenvalue weighted by molar-refractivity contribution is -0.139. The van der Waals surface area contributed by atoms with Crippen LogP contribution >= 0.6 is 0 Å². The van der Waals surface area contributed by atoms with Gasteiger partial charge in [0.05, 0.1) is 17.5 Å². The standard InChI is InChI=1S/C23H27F4N3O4S/c1-15(2)28-22(32)16(3)29(13-17-8-5-6-11-20(17)24)21(31)14-30(35(4,33)34)19-10-7-9-18(12-19)23(25,26)27/h5-12,15-16H,13-14H2,1-4H3,(H,28,32). The fourth-order valence-electron chi connectivity index (χ4n) is 3.25. The van der Waals surface area contributed by atoms with Crippen LogP contribution in [0.15, 0.2) is 48.5 Å². The molecule has 0 heterocycles. The SMILES string of the molecule is CC(C)NC(=O)C(C)N(Cc1ccccc1F)C(=O)CN(c1cccc(C(F)(F)F)c1)S(C)(=O)=O. The minimum absolute atomic E-state index is 0.0787. The van der Waals surface area contributed by atoms with Crippen LogP contribution in [0.4, 0.5) is 23.2 Å². The average molecular weight is 518 g/mol. The van der Waals surface area contributed by atoms with Gasteiger partial charge < -0.3 is 10.2 Å². The number of carbonyl (C=O) groups excluding carboxylic acids is 2. The Morgan fingerprint density at radius 1 is 1.03 bits per heavy atom. The first kappa shape index (κ1) is 28.1. The second-order valence-electron chi connectivity index (χ2n) is 8.27. The molecule has 2 rings (SSSR count). The smallest absolute Gasteiger partial charge is 0.352 e. The summed E-state index contributed by atoms with van der Waals surface area (Å²) in [4.78, 5) is 26.9. The summed E-state index contributed by atoms with van der Waals surface area (Å²) in [6, 6.07) is 7.69. The molecule has 35 heavy (non-hydrogen) atoms. The topological polar surface area (TPSA) is 86.8 Å². The zero-order chi connectivity index (χ0) is 26.6. The van der Waals surface area contributed by atoms with E-state index in [-0.39, 0.29) is 23.8 Å².